The van der Waals surface area contributed by atoms with Gasteiger partial charge in [-0.15, -0.1) is 0 Å². The van der Waals surface area contributed by atoms with Crippen molar-refractivity contribution in [1.82, 2.24) is 9.97 Å². The molecule has 0 saturated heterocycles. The first-order chi connectivity index (χ1) is 16.5. The quantitative estimate of drug-likeness (QED) is 0.225. The van der Waals surface area contributed by atoms with Gasteiger partial charge in [0, 0.05) is 62.6 Å². The first kappa shape index (κ1) is 27.0. The number of benzene rings is 2. The first-order valence-corrected chi connectivity index (χ1v) is 13.0. The topological polar surface area (TPSA) is 62.1 Å². The van der Waals surface area contributed by atoms with Crippen molar-refractivity contribution >= 4 is 27.5 Å². The summed E-state index contributed by atoms with van der Waals surface area (Å²) in [5, 5.41) is 5.90. The molecule has 37 heavy (non-hydrogen) atoms. The second-order valence-electron chi connectivity index (χ2n) is 13.6. The standard InChI is InChI=1S/C16H21NO.C15H20N2O.CH4/c1-15(2,3)14-7-10-6-11-9-16(4,5)18-13(11)8-12(10)17-14;1-14(2,3)13-7-9-6-11-12(8-10(9)16-13)18-15(4,5)17-11;/h6-8,17H,9H2,1-5H3;6-8,16-17H,1-5H3;1H4. The molecule has 0 amide bonds. The van der Waals surface area contributed by atoms with Gasteiger partial charge in [-0.25, -0.2) is 0 Å². The lowest BCUT2D eigenvalue weighted by Gasteiger charge is -2.17. The molecule has 0 bridgehead atoms. The Morgan fingerprint density at radius 3 is 1.73 bits per heavy atom. The van der Waals surface area contributed by atoms with Gasteiger partial charge in [0.1, 0.15) is 17.1 Å². The normalized spacial score (nSPS) is 17.1. The van der Waals surface area contributed by atoms with E-state index in [0.29, 0.717) is 0 Å². The lowest BCUT2D eigenvalue weighted by atomic mass is 9.92. The van der Waals surface area contributed by atoms with Gasteiger partial charge in [-0.3, -0.25) is 0 Å². The molecule has 0 saturated carbocycles. The number of anilines is 1. The molecule has 0 unspecified atom stereocenters. The molecule has 0 spiro atoms. The van der Waals surface area contributed by atoms with Gasteiger partial charge >= 0.3 is 0 Å². The third kappa shape index (κ3) is 5.32. The van der Waals surface area contributed by atoms with Gasteiger partial charge in [-0.05, 0) is 57.5 Å². The van der Waals surface area contributed by atoms with E-state index in [4.69, 9.17) is 9.47 Å². The number of ether oxygens (including phenoxy) is 2. The highest BCUT2D eigenvalue weighted by Crippen LogP contribution is 2.41. The number of rotatable bonds is 0. The molecule has 3 N–H and O–H groups in total. The van der Waals surface area contributed by atoms with E-state index in [2.05, 4.69) is 107 Å². The Morgan fingerprint density at radius 2 is 1.19 bits per heavy atom. The zero-order valence-electron chi connectivity index (χ0n) is 23.5. The van der Waals surface area contributed by atoms with Crippen LogP contribution in [0, 0.1) is 0 Å². The van der Waals surface area contributed by atoms with Gasteiger partial charge in [0.2, 0.25) is 0 Å². The van der Waals surface area contributed by atoms with Crippen LogP contribution in [0.3, 0.4) is 0 Å². The third-order valence-corrected chi connectivity index (χ3v) is 6.94. The van der Waals surface area contributed by atoms with Crippen molar-refractivity contribution in [2.24, 2.45) is 0 Å². The molecule has 5 nitrogen and oxygen atoms in total. The predicted molar refractivity (Wildman–Crippen MR) is 157 cm³/mol. The molecule has 200 valence electrons. The van der Waals surface area contributed by atoms with Crippen LogP contribution in [0.1, 0.15) is 93.6 Å². The number of nitrogens with one attached hydrogen (secondary N) is 3. The van der Waals surface area contributed by atoms with Gasteiger partial charge in [0.15, 0.2) is 5.72 Å². The molecule has 5 heteroatoms. The van der Waals surface area contributed by atoms with Gasteiger partial charge in [0.05, 0.1) is 5.69 Å². The lowest BCUT2D eigenvalue weighted by molar-refractivity contribution is 0.138. The predicted octanol–water partition coefficient (Wildman–Crippen LogP) is 8.82. The number of hydrogen-bond donors (Lipinski definition) is 3. The monoisotopic (exact) mass is 503 g/mol. The van der Waals surface area contributed by atoms with E-state index in [1.807, 2.05) is 13.8 Å². The van der Waals surface area contributed by atoms with Crippen molar-refractivity contribution in [1.29, 1.82) is 0 Å². The van der Waals surface area contributed by atoms with Crippen LogP contribution in [0.4, 0.5) is 5.69 Å². The van der Waals surface area contributed by atoms with E-state index < -0.39 is 0 Å². The van der Waals surface area contributed by atoms with Crippen molar-refractivity contribution in [3.8, 4) is 11.5 Å². The van der Waals surface area contributed by atoms with E-state index in [9.17, 15) is 0 Å². The van der Waals surface area contributed by atoms with Crippen LogP contribution in [-0.4, -0.2) is 21.3 Å². The SMILES string of the molecule is C.CC1(C)Cc2cc3cc(C(C)(C)C)[nH]c3cc2O1.CC1(C)Nc2cc3cc(C(C)(C)C)[nH]c3cc2O1. The Balaban J connectivity index is 0.000000168. The Kier molecular flexibility index (Phi) is 6.18. The van der Waals surface area contributed by atoms with Crippen molar-refractivity contribution in [3.63, 3.8) is 0 Å². The highest BCUT2D eigenvalue weighted by Gasteiger charge is 2.31. The van der Waals surface area contributed by atoms with Crippen LogP contribution in [0.25, 0.3) is 21.8 Å². The summed E-state index contributed by atoms with van der Waals surface area (Å²) in [5.74, 6) is 1.96. The maximum absolute atomic E-state index is 5.98. The van der Waals surface area contributed by atoms with Gasteiger partial charge in [-0.1, -0.05) is 49.0 Å². The fourth-order valence-corrected chi connectivity index (χ4v) is 5.01. The lowest BCUT2D eigenvalue weighted by Crippen LogP contribution is -2.31. The molecular weight excluding hydrogens is 458 g/mol. The number of hydrogen-bond acceptors (Lipinski definition) is 3. The number of fused-ring (bicyclic) bond motifs is 4. The Bertz CT molecular complexity index is 1250. The maximum Gasteiger partial charge on any atom is 0.175 e. The molecule has 0 radical (unpaired) electrons. The Hall–Kier alpha value is -3.08. The minimum absolute atomic E-state index is 0. The van der Waals surface area contributed by atoms with Crippen molar-refractivity contribution in [3.05, 3.63) is 53.3 Å². The molecular formula is C32H45N3O2. The highest BCUT2D eigenvalue weighted by atomic mass is 16.5. The molecule has 4 aromatic rings. The third-order valence-electron chi connectivity index (χ3n) is 6.94. The molecule has 2 aromatic heterocycles. The van der Waals surface area contributed by atoms with Gasteiger partial charge < -0.3 is 24.8 Å². The van der Waals surface area contributed by atoms with Crippen LogP contribution in [0.15, 0.2) is 36.4 Å². The zero-order chi connectivity index (χ0) is 26.3. The van der Waals surface area contributed by atoms with Crippen molar-refractivity contribution in [2.45, 2.75) is 105 Å². The smallest absolute Gasteiger partial charge is 0.175 e. The second kappa shape index (κ2) is 8.47. The van der Waals surface area contributed by atoms with Crippen LogP contribution in [0.2, 0.25) is 0 Å². The van der Waals surface area contributed by atoms with Gasteiger partial charge in [0.25, 0.3) is 0 Å². The fourth-order valence-electron chi connectivity index (χ4n) is 5.01. The van der Waals surface area contributed by atoms with E-state index in [-0.39, 0.29) is 29.6 Å². The summed E-state index contributed by atoms with van der Waals surface area (Å²) >= 11 is 0. The van der Waals surface area contributed by atoms with E-state index >= 15 is 0 Å². The summed E-state index contributed by atoms with van der Waals surface area (Å²) in [5.41, 5.74) is 7.16. The summed E-state index contributed by atoms with van der Waals surface area (Å²) in [6, 6.07) is 13.1. The molecule has 2 aliphatic heterocycles. The average molecular weight is 504 g/mol. The summed E-state index contributed by atoms with van der Waals surface area (Å²) in [4.78, 5) is 7.00. The maximum atomic E-state index is 5.98. The fraction of sp³-hybridized carbons (Fsp3) is 0.500. The molecule has 0 aliphatic carbocycles. The molecule has 0 fully saturated rings. The summed E-state index contributed by atoms with van der Waals surface area (Å²) in [6.07, 6.45) is 0.994. The largest absolute Gasteiger partial charge is 0.487 e. The summed E-state index contributed by atoms with van der Waals surface area (Å²) < 4.78 is 11.8. The molecule has 2 aliphatic rings. The summed E-state index contributed by atoms with van der Waals surface area (Å²) in [7, 11) is 0. The summed E-state index contributed by atoms with van der Waals surface area (Å²) in [6.45, 7) is 21.7. The Labute approximate surface area is 222 Å². The van der Waals surface area contributed by atoms with Crippen LogP contribution in [-0.2, 0) is 17.3 Å². The first-order valence-electron chi connectivity index (χ1n) is 13.0. The van der Waals surface area contributed by atoms with E-state index in [0.717, 1.165) is 29.1 Å². The van der Waals surface area contributed by atoms with Crippen molar-refractivity contribution in [2.75, 3.05) is 5.32 Å². The minimum Gasteiger partial charge on any atom is -0.487 e. The van der Waals surface area contributed by atoms with E-state index in [1.54, 1.807) is 0 Å². The van der Waals surface area contributed by atoms with Crippen molar-refractivity contribution < 1.29 is 9.47 Å². The molecule has 4 heterocycles. The molecule has 0 atom stereocenters. The minimum atomic E-state index is -0.312. The Morgan fingerprint density at radius 1 is 0.676 bits per heavy atom. The highest BCUT2D eigenvalue weighted by molar-refractivity contribution is 5.88. The average Bonchev–Trinajstić information content (AvgIpc) is 3.43. The number of H-pyrrole nitrogens is 2. The van der Waals surface area contributed by atoms with Crippen LogP contribution >= 0.6 is 0 Å². The van der Waals surface area contributed by atoms with Crippen LogP contribution < -0.4 is 14.8 Å². The molecule has 2 aromatic carbocycles. The van der Waals surface area contributed by atoms with Crippen LogP contribution in [0.5, 0.6) is 11.5 Å². The number of aromatic nitrogens is 2. The second-order valence-corrected chi connectivity index (χ2v) is 13.6. The van der Waals surface area contributed by atoms with E-state index in [1.165, 1.54) is 33.2 Å². The number of aromatic amines is 2. The molecule has 6 rings (SSSR count). The van der Waals surface area contributed by atoms with Gasteiger partial charge in [-0.2, -0.15) is 0 Å². The zero-order valence-corrected chi connectivity index (χ0v) is 23.5.